The largest absolute Gasteiger partial charge is 0.468 e. The quantitative estimate of drug-likeness (QED) is 0.847. The molecule has 1 aromatic rings. The fraction of sp³-hybridized carbons (Fsp3) is 0.583. The van der Waals surface area contributed by atoms with E-state index in [1.807, 2.05) is 0 Å². The van der Waals surface area contributed by atoms with Crippen LogP contribution in [0.4, 0.5) is 5.69 Å². The van der Waals surface area contributed by atoms with Gasteiger partial charge in [0.2, 0.25) is 0 Å². The predicted molar refractivity (Wildman–Crippen MR) is 71.4 cm³/mol. The Morgan fingerprint density at radius 2 is 2.32 bits per heavy atom. The molecule has 0 radical (unpaired) electrons. The highest BCUT2D eigenvalue weighted by atomic mass is 35.5. The number of carbonyl (C=O) groups excluding carboxylic acids is 1. The highest BCUT2D eigenvalue weighted by Gasteiger charge is 2.32. The Hall–Kier alpha value is -1.56. The zero-order valence-corrected chi connectivity index (χ0v) is 11.7. The van der Waals surface area contributed by atoms with Gasteiger partial charge < -0.3 is 10.1 Å². The fourth-order valence-corrected chi connectivity index (χ4v) is 2.20. The number of nitrogens with zero attached hydrogens (tertiary/aromatic N) is 2. The third-order valence-corrected chi connectivity index (χ3v) is 3.75. The molecule has 0 bridgehead atoms. The van der Waals surface area contributed by atoms with E-state index in [1.54, 1.807) is 0 Å². The lowest BCUT2D eigenvalue weighted by molar-refractivity contribution is -0.141. The van der Waals surface area contributed by atoms with Gasteiger partial charge in [-0.2, -0.15) is 5.10 Å². The van der Waals surface area contributed by atoms with Crippen molar-refractivity contribution in [2.45, 2.75) is 38.3 Å². The van der Waals surface area contributed by atoms with Gasteiger partial charge in [0.25, 0.3) is 5.56 Å². The number of aromatic nitrogens is 2. The van der Waals surface area contributed by atoms with Crippen molar-refractivity contribution in [3.05, 3.63) is 21.6 Å². The van der Waals surface area contributed by atoms with Crippen LogP contribution in [0.1, 0.15) is 26.2 Å². The summed E-state index contributed by atoms with van der Waals surface area (Å²) in [5.74, 6) is -0.544. The maximum Gasteiger partial charge on any atom is 0.327 e. The van der Waals surface area contributed by atoms with Gasteiger partial charge in [-0.3, -0.25) is 9.59 Å². The molecule has 1 aromatic heterocycles. The van der Waals surface area contributed by atoms with Crippen LogP contribution in [-0.2, 0) is 16.1 Å². The van der Waals surface area contributed by atoms with Crippen LogP contribution >= 0.6 is 11.6 Å². The van der Waals surface area contributed by atoms with Gasteiger partial charge in [0, 0.05) is 5.54 Å². The van der Waals surface area contributed by atoms with Crippen molar-refractivity contribution in [1.29, 1.82) is 0 Å². The van der Waals surface area contributed by atoms with E-state index < -0.39 is 11.5 Å². The highest BCUT2D eigenvalue weighted by Crippen LogP contribution is 2.35. The molecule has 0 unspecified atom stereocenters. The third kappa shape index (κ3) is 2.89. The summed E-state index contributed by atoms with van der Waals surface area (Å²) >= 11 is 6.02. The van der Waals surface area contributed by atoms with E-state index in [4.69, 9.17) is 11.6 Å². The van der Waals surface area contributed by atoms with Crippen LogP contribution < -0.4 is 10.9 Å². The average Bonchev–Trinajstić information content (AvgIpc) is 2.36. The van der Waals surface area contributed by atoms with Gasteiger partial charge in [0.1, 0.15) is 11.6 Å². The predicted octanol–water partition coefficient (Wildman–Crippen LogP) is 1.42. The molecule has 0 spiro atoms. The van der Waals surface area contributed by atoms with Gasteiger partial charge in [-0.1, -0.05) is 11.6 Å². The second kappa shape index (κ2) is 5.21. The van der Waals surface area contributed by atoms with E-state index >= 15 is 0 Å². The monoisotopic (exact) mass is 285 g/mol. The van der Waals surface area contributed by atoms with E-state index in [-0.39, 0.29) is 17.1 Å². The summed E-state index contributed by atoms with van der Waals surface area (Å²) < 4.78 is 5.48. The summed E-state index contributed by atoms with van der Waals surface area (Å²) in [7, 11) is 1.25. The van der Waals surface area contributed by atoms with Gasteiger partial charge in [-0.25, -0.2) is 4.68 Å². The molecule has 19 heavy (non-hydrogen) atoms. The summed E-state index contributed by atoms with van der Waals surface area (Å²) in [4.78, 5) is 23.1. The number of rotatable bonds is 4. The van der Waals surface area contributed by atoms with Gasteiger partial charge in [0.05, 0.1) is 19.0 Å². The Kier molecular flexibility index (Phi) is 3.80. The van der Waals surface area contributed by atoms with E-state index in [2.05, 4.69) is 22.1 Å². The molecule has 2 rings (SSSR count). The normalized spacial score (nSPS) is 16.6. The lowest BCUT2D eigenvalue weighted by Gasteiger charge is -2.40. The SMILES string of the molecule is COC(=O)Cn1ncc(NC2(C)CCC2)c(Cl)c1=O. The first kappa shape index (κ1) is 13.9. The van der Waals surface area contributed by atoms with Crippen molar-refractivity contribution in [2.75, 3.05) is 12.4 Å². The molecule has 0 atom stereocenters. The molecule has 1 aliphatic carbocycles. The zero-order chi connectivity index (χ0) is 14.0. The zero-order valence-electron chi connectivity index (χ0n) is 10.9. The summed E-state index contributed by atoms with van der Waals surface area (Å²) in [5, 5.41) is 7.21. The van der Waals surface area contributed by atoms with Crippen molar-refractivity contribution in [1.82, 2.24) is 9.78 Å². The van der Waals surface area contributed by atoms with Crippen molar-refractivity contribution < 1.29 is 9.53 Å². The second-order valence-electron chi connectivity index (χ2n) is 4.95. The first-order chi connectivity index (χ1) is 8.95. The Morgan fingerprint density at radius 1 is 1.63 bits per heavy atom. The molecule has 1 aliphatic rings. The number of anilines is 1. The minimum Gasteiger partial charge on any atom is -0.468 e. The van der Waals surface area contributed by atoms with Gasteiger partial charge >= 0.3 is 5.97 Å². The molecular weight excluding hydrogens is 270 g/mol. The Labute approximate surface area is 115 Å². The van der Waals surface area contributed by atoms with Crippen LogP contribution in [0, 0.1) is 0 Å². The Balaban J connectivity index is 2.22. The molecule has 1 fully saturated rings. The molecule has 1 N–H and O–H groups in total. The van der Waals surface area contributed by atoms with Gasteiger partial charge in [-0.15, -0.1) is 0 Å². The van der Waals surface area contributed by atoms with Crippen molar-refractivity contribution >= 4 is 23.3 Å². The molecule has 0 aromatic carbocycles. The standard InChI is InChI=1S/C12H16ClN3O3/c1-12(4-3-5-12)15-8-6-14-16(7-9(17)19-2)11(18)10(8)13/h6,15H,3-5,7H2,1-2H3. The summed E-state index contributed by atoms with van der Waals surface area (Å²) in [5.41, 5.74) is -0.0123. The van der Waals surface area contributed by atoms with Crippen LogP contribution in [-0.4, -0.2) is 28.4 Å². The van der Waals surface area contributed by atoms with Crippen LogP contribution in [0.25, 0.3) is 0 Å². The average molecular weight is 286 g/mol. The molecule has 0 aliphatic heterocycles. The number of ether oxygens (including phenoxy) is 1. The summed E-state index contributed by atoms with van der Waals surface area (Å²) in [6, 6.07) is 0. The molecular formula is C12H16ClN3O3. The maximum atomic E-state index is 12.0. The number of carbonyl (C=O) groups is 1. The van der Waals surface area contributed by atoms with Crippen LogP contribution in [0.5, 0.6) is 0 Å². The number of esters is 1. The van der Waals surface area contributed by atoms with Crippen LogP contribution in [0.3, 0.4) is 0 Å². The molecule has 6 nitrogen and oxygen atoms in total. The first-order valence-corrected chi connectivity index (χ1v) is 6.43. The minimum atomic E-state index is -0.544. The lowest BCUT2D eigenvalue weighted by atomic mass is 9.78. The number of hydrogen-bond donors (Lipinski definition) is 1. The van der Waals surface area contributed by atoms with E-state index in [0.717, 1.165) is 23.9 Å². The number of methoxy groups -OCH3 is 1. The smallest absolute Gasteiger partial charge is 0.327 e. The van der Waals surface area contributed by atoms with E-state index in [0.29, 0.717) is 5.69 Å². The Morgan fingerprint density at radius 3 is 2.84 bits per heavy atom. The second-order valence-corrected chi connectivity index (χ2v) is 5.33. The third-order valence-electron chi connectivity index (χ3n) is 3.38. The lowest BCUT2D eigenvalue weighted by Crippen LogP contribution is -2.42. The van der Waals surface area contributed by atoms with Crippen molar-refractivity contribution in [3.63, 3.8) is 0 Å². The van der Waals surface area contributed by atoms with Crippen molar-refractivity contribution in [2.24, 2.45) is 0 Å². The molecule has 1 saturated carbocycles. The minimum absolute atomic E-state index is 0.0215. The van der Waals surface area contributed by atoms with Gasteiger partial charge in [-0.05, 0) is 26.2 Å². The summed E-state index contributed by atoms with van der Waals surface area (Å²) in [6.07, 6.45) is 4.70. The Bertz CT molecular complexity index is 552. The maximum absolute atomic E-state index is 12.0. The van der Waals surface area contributed by atoms with Gasteiger partial charge in [0.15, 0.2) is 0 Å². The molecule has 104 valence electrons. The number of nitrogens with one attached hydrogen (secondary N) is 1. The van der Waals surface area contributed by atoms with Crippen LogP contribution in [0.2, 0.25) is 5.02 Å². The van der Waals surface area contributed by atoms with E-state index in [1.165, 1.54) is 13.3 Å². The molecule has 7 heteroatoms. The topological polar surface area (TPSA) is 73.2 Å². The molecule has 0 saturated heterocycles. The molecule has 0 amide bonds. The number of halogens is 1. The van der Waals surface area contributed by atoms with Crippen LogP contribution in [0.15, 0.2) is 11.0 Å². The summed E-state index contributed by atoms with van der Waals surface area (Å²) in [6.45, 7) is 1.83. The van der Waals surface area contributed by atoms with E-state index in [9.17, 15) is 9.59 Å². The van der Waals surface area contributed by atoms with Crippen molar-refractivity contribution in [3.8, 4) is 0 Å². The number of hydrogen-bond acceptors (Lipinski definition) is 5. The first-order valence-electron chi connectivity index (χ1n) is 6.06. The fourth-order valence-electron chi connectivity index (χ4n) is 2.01. The molecule has 1 heterocycles. The highest BCUT2D eigenvalue weighted by molar-refractivity contribution is 6.32.